The molecular weight excluding hydrogens is 254 g/mol. The van der Waals surface area contributed by atoms with Crippen molar-refractivity contribution in [2.24, 2.45) is 0 Å². The minimum absolute atomic E-state index is 0.129. The first-order chi connectivity index (χ1) is 9.61. The van der Waals surface area contributed by atoms with E-state index in [1.807, 2.05) is 30.3 Å². The SMILES string of the molecule is CC(C)c1cc(N)n(-c2cccc(OCCCO)c2)n1. The van der Waals surface area contributed by atoms with Crippen molar-refractivity contribution in [3.8, 4) is 11.4 Å². The molecule has 3 N–H and O–H groups in total. The lowest BCUT2D eigenvalue weighted by atomic mass is 10.1. The summed E-state index contributed by atoms with van der Waals surface area (Å²) in [6.07, 6.45) is 0.617. The smallest absolute Gasteiger partial charge is 0.127 e. The van der Waals surface area contributed by atoms with E-state index in [-0.39, 0.29) is 6.61 Å². The molecule has 108 valence electrons. The fourth-order valence-electron chi connectivity index (χ4n) is 1.86. The summed E-state index contributed by atoms with van der Waals surface area (Å²) in [5.41, 5.74) is 7.85. The zero-order chi connectivity index (χ0) is 14.5. The van der Waals surface area contributed by atoms with E-state index in [9.17, 15) is 0 Å². The van der Waals surface area contributed by atoms with Crippen molar-refractivity contribution in [1.82, 2.24) is 9.78 Å². The second-order valence-corrected chi connectivity index (χ2v) is 4.98. The molecule has 0 amide bonds. The predicted octanol–water partition coefficient (Wildman–Crippen LogP) is 2.34. The number of hydrogen-bond donors (Lipinski definition) is 2. The van der Waals surface area contributed by atoms with E-state index in [1.54, 1.807) is 4.68 Å². The van der Waals surface area contributed by atoms with Gasteiger partial charge >= 0.3 is 0 Å². The van der Waals surface area contributed by atoms with Crippen molar-refractivity contribution in [1.29, 1.82) is 0 Å². The van der Waals surface area contributed by atoms with Gasteiger partial charge in [-0.1, -0.05) is 19.9 Å². The summed E-state index contributed by atoms with van der Waals surface area (Å²) in [6, 6.07) is 9.50. The van der Waals surface area contributed by atoms with Crippen molar-refractivity contribution >= 4 is 5.82 Å². The number of benzene rings is 1. The predicted molar refractivity (Wildman–Crippen MR) is 79.3 cm³/mol. The lowest BCUT2D eigenvalue weighted by Crippen LogP contribution is -2.04. The van der Waals surface area contributed by atoms with Crippen molar-refractivity contribution in [3.63, 3.8) is 0 Å². The number of aliphatic hydroxyl groups excluding tert-OH is 1. The van der Waals surface area contributed by atoms with Crippen LogP contribution < -0.4 is 10.5 Å². The zero-order valence-corrected chi connectivity index (χ0v) is 11.9. The van der Waals surface area contributed by atoms with Gasteiger partial charge in [0.15, 0.2) is 0 Å². The van der Waals surface area contributed by atoms with Crippen molar-refractivity contribution in [2.45, 2.75) is 26.2 Å². The van der Waals surface area contributed by atoms with Crippen LogP contribution in [0.15, 0.2) is 30.3 Å². The van der Waals surface area contributed by atoms with Crippen LogP contribution in [0.25, 0.3) is 5.69 Å². The quantitative estimate of drug-likeness (QED) is 0.794. The van der Waals surface area contributed by atoms with Crippen LogP contribution in [0, 0.1) is 0 Å². The van der Waals surface area contributed by atoms with Crippen LogP contribution in [0.1, 0.15) is 31.9 Å². The van der Waals surface area contributed by atoms with Gasteiger partial charge in [-0.3, -0.25) is 0 Å². The Morgan fingerprint density at radius 2 is 2.15 bits per heavy atom. The molecule has 1 aromatic carbocycles. The minimum Gasteiger partial charge on any atom is -0.493 e. The molecule has 0 bridgehead atoms. The highest BCUT2D eigenvalue weighted by molar-refractivity contribution is 5.46. The van der Waals surface area contributed by atoms with Crippen LogP contribution in [0.3, 0.4) is 0 Å². The van der Waals surface area contributed by atoms with E-state index in [2.05, 4.69) is 18.9 Å². The van der Waals surface area contributed by atoms with E-state index in [1.165, 1.54) is 0 Å². The van der Waals surface area contributed by atoms with Gasteiger partial charge in [-0.15, -0.1) is 0 Å². The average molecular weight is 275 g/mol. The molecule has 0 aliphatic rings. The molecule has 0 unspecified atom stereocenters. The molecule has 0 radical (unpaired) electrons. The number of aromatic nitrogens is 2. The van der Waals surface area contributed by atoms with E-state index in [4.69, 9.17) is 15.6 Å². The Morgan fingerprint density at radius 3 is 2.80 bits per heavy atom. The largest absolute Gasteiger partial charge is 0.493 e. The lowest BCUT2D eigenvalue weighted by molar-refractivity contribution is 0.233. The van der Waals surface area contributed by atoms with Crippen LogP contribution in [0.5, 0.6) is 5.75 Å². The first-order valence-electron chi connectivity index (χ1n) is 6.81. The van der Waals surface area contributed by atoms with Crippen LogP contribution in [0.4, 0.5) is 5.82 Å². The summed E-state index contributed by atoms with van der Waals surface area (Å²) in [4.78, 5) is 0. The topological polar surface area (TPSA) is 73.3 Å². The molecule has 20 heavy (non-hydrogen) atoms. The molecule has 2 aromatic rings. The van der Waals surface area contributed by atoms with Crippen molar-refractivity contribution < 1.29 is 9.84 Å². The molecule has 2 rings (SSSR count). The normalized spacial score (nSPS) is 11.0. The molecule has 5 heteroatoms. The maximum absolute atomic E-state index is 8.76. The van der Waals surface area contributed by atoms with Crippen LogP contribution in [-0.2, 0) is 0 Å². The van der Waals surface area contributed by atoms with Gasteiger partial charge in [0.25, 0.3) is 0 Å². The van der Waals surface area contributed by atoms with Gasteiger partial charge in [-0.2, -0.15) is 5.10 Å². The fraction of sp³-hybridized carbons (Fsp3) is 0.400. The van der Waals surface area contributed by atoms with Crippen molar-refractivity contribution in [2.75, 3.05) is 18.9 Å². The second-order valence-electron chi connectivity index (χ2n) is 4.98. The third kappa shape index (κ3) is 3.30. The summed E-state index contributed by atoms with van der Waals surface area (Å²) in [5, 5.41) is 13.3. The van der Waals surface area contributed by atoms with Crippen LogP contribution in [0.2, 0.25) is 0 Å². The van der Waals surface area contributed by atoms with Gasteiger partial charge in [0.05, 0.1) is 18.0 Å². The zero-order valence-electron chi connectivity index (χ0n) is 11.9. The molecule has 0 spiro atoms. The van der Waals surface area contributed by atoms with Crippen LogP contribution >= 0.6 is 0 Å². The summed E-state index contributed by atoms with van der Waals surface area (Å²) < 4.78 is 7.28. The Bertz CT molecular complexity index is 564. The Kier molecular flexibility index (Phi) is 4.63. The van der Waals surface area contributed by atoms with Gasteiger partial charge in [0.1, 0.15) is 11.6 Å². The number of nitrogens with two attached hydrogens (primary N) is 1. The highest BCUT2D eigenvalue weighted by atomic mass is 16.5. The number of nitrogen functional groups attached to an aromatic ring is 1. The first kappa shape index (κ1) is 14.4. The molecule has 5 nitrogen and oxygen atoms in total. The first-order valence-corrected chi connectivity index (χ1v) is 6.81. The van der Waals surface area contributed by atoms with Crippen LogP contribution in [-0.4, -0.2) is 28.1 Å². The molecule has 1 heterocycles. The van der Waals surface area contributed by atoms with Gasteiger partial charge in [0.2, 0.25) is 0 Å². The molecule has 0 saturated heterocycles. The third-order valence-corrected chi connectivity index (χ3v) is 2.98. The van der Waals surface area contributed by atoms with Gasteiger partial charge in [0, 0.05) is 25.2 Å². The number of anilines is 1. The molecule has 1 aromatic heterocycles. The monoisotopic (exact) mass is 275 g/mol. The standard InChI is InChI=1S/C15H21N3O2/c1-11(2)14-10-15(16)18(17-14)12-5-3-6-13(9-12)20-8-4-7-19/h3,5-6,9-11,19H,4,7-8,16H2,1-2H3. The molecule has 0 atom stereocenters. The molecule has 0 aliphatic heterocycles. The minimum atomic E-state index is 0.129. The highest BCUT2D eigenvalue weighted by Crippen LogP contribution is 2.22. The fourth-order valence-corrected chi connectivity index (χ4v) is 1.86. The average Bonchev–Trinajstić information content (AvgIpc) is 2.82. The van der Waals surface area contributed by atoms with E-state index < -0.39 is 0 Å². The Labute approximate surface area is 119 Å². The van der Waals surface area contributed by atoms with Gasteiger partial charge < -0.3 is 15.6 Å². The van der Waals surface area contributed by atoms with E-state index in [0.717, 1.165) is 17.1 Å². The number of nitrogens with zero attached hydrogens (tertiary/aromatic N) is 2. The number of ether oxygens (including phenoxy) is 1. The summed E-state index contributed by atoms with van der Waals surface area (Å²) in [7, 11) is 0. The van der Waals surface area contributed by atoms with Gasteiger partial charge in [-0.05, 0) is 18.1 Å². The highest BCUT2D eigenvalue weighted by Gasteiger charge is 2.10. The Hall–Kier alpha value is -2.01. The number of hydrogen-bond acceptors (Lipinski definition) is 4. The second kappa shape index (κ2) is 6.43. The summed E-state index contributed by atoms with van der Waals surface area (Å²) >= 11 is 0. The number of aliphatic hydroxyl groups is 1. The summed E-state index contributed by atoms with van der Waals surface area (Å²) in [5.74, 6) is 1.70. The summed E-state index contributed by atoms with van der Waals surface area (Å²) in [6.45, 7) is 4.79. The maximum Gasteiger partial charge on any atom is 0.127 e. The molecule has 0 fully saturated rings. The van der Waals surface area contributed by atoms with E-state index >= 15 is 0 Å². The van der Waals surface area contributed by atoms with Gasteiger partial charge in [-0.25, -0.2) is 4.68 Å². The lowest BCUT2D eigenvalue weighted by Gasteiger charge is -2.08. The maximum atomic E-state index is 8.76. The molecule has 0 aliphatic carbocycles. The van der Waals surface area contributed by atoms with E-state index in [0.29, 0.717) is 24.8 Å². The third-order valence-electron chi connectivity index (χ3n) is 2.98. The molecular formula is C15H21N3O2. The Morgan fingerprint density at radius 1 is 1.35 bits per heavy atom. The van der Waals surface area contributed by atoms with Crippen molar-refractivity contribution in [3.05, 3.63) is 36.0 Å². The molecule has 0 saturated carbocycles. The number of rotatable bonds is 6. The Balaban J connectivity index is 2.22.